The minimum Gasteiger partial charge on any atom is -0.348 e. The second-order valence-electron chi connectivity index (χ2n) is 11.7. The molecule has 6 aliphatic rings. The molecular weight excluding hydrogens is 370 g/mol. The predicted octanol–water partition coefficient (Wildman–Crippen LogP) is 5.60. The van der Waals surface area contributed by atoms with Crippen LogP contribution >= 0.6 is 0 Å². The van der Waals surface area contributed by atoms with Crippen molar-refractivity contribution in [2.75, 3.05) is 0 Å². The Morgan fingerprint density at radius 1 is 0.967 bits per heavy atom. The van der Waals surface area contributed by atoms with E-state index in [1.807, 2.05) is 0 Å². The normalized spacial score (nSPS) is 36.5. The highest BCUT2D eigenvalue weighted by atomic mass is 16.2. The lowest BCUT2D eigenvalue weighted by Crippen LogP contribution is -2.55. The molecule has 4 bridgehead atoms. The highest BCUT2D eigenvalue weighted by Crippen LogP contribution is 2.61. The van der Waals surface area contributed by atoms with Gasteiger partial charge in [0.1, 0.15) is 0 Å². The standard InChI is InChI=1S/C26H39N3O/c1-17(26-14-18-11-19(15-26)13-20(12-18)16-26)27-25(30)24-22-9-4-2-3-5-10-23(22)29(28-24)21-7-6-8-21/h17-21H,2-16H2,1H3,(H,27,30). The molecule has 164 valence electrons. The minimum atomic E-state index is 0.119. The maximum atomic E-state index is 13.6. The van der Waals surface area contributed by atoms with Crippen molar-refractivity contribution in [3.63, 3.8) is 0 Å². The lowest BCUT2D eigenvalue weighted by molar-refractivity contribution is -0.0688. The average molecular weight is 410 g/mol. The number of nitrogens with one attached hydrogen (secondary N) is 1. The molecule has 1 amide bonds. The number of hydrogen-bond donors (Lipinski definition) is 1. The molecule has 0 spiro atoms. The van der Waals surface area contributed by atoms with Gasteiger partial charge in [0.2, 0.25) is 0 Å². The van der Waals surface area contributed by atoms with Gasteiger partial charge in [0.15, 0.2) is 5.69 Å². The molecular formula is C26H39N3O. The summed E-state index contributed by atoms with van der Waals surface area (Å²) in [5, 5.41) is 8.51. The van der Waals surface area contributed by atoms with Crippen molar-refractivity contribution in [2.45, 2.75) is 115 Å². The summed E-state index contributed by atoms with van der Waals surface area (Å²) >= 11 is 0. The molecule has 1 unspecified atom stereocenters. The van der Waals surface area contributed by atoms with Crippen LogP contribution in [0.25, 0.3) is 0 Å². The number of carbonyl (C=O) groups excluding carboxylic acids is 1. The zero-order valence-electron chi connectivity index (χ0n) is 18.8. The second kappa shape index (κ2) is 7.38. The highest BCUT2D eigenvalue weighted by molar-refractivity contribution is 5.94. The van der Waals surface area contributed by atoms with Crippen LogP contribution in [0.5, 0.6) is 0 Å². The Morgan fingerprint density at radius 2 is 1.60 bits per heavy atom. The van der Waals surface area contributed by atoms with E-state index in [0.29, 0.717) is 11.5 Å². The van der Waals surface area contributed by atoms with E-state index >= 15 is 0 Å². The van der Waals surface area contributed by atoms with E-state index in [1.54, 1.807) is 0 Å². The molecule has 7 rings (SSSR count). The monoisotopic (exact) mass is 409 g/mol. The molecule has 1 aromatic rings. The molecule has 5 fully saturated rings. The van der Waals surface area contributed by atoms with E-state index < -0.39 is 0 Å². The molecule has 5 saturated carbocycles. The molecule has 1 N–H and O–H groups in total. The molecule has 4 heteroatoms. The topological polar surface area (TPSA) is 46.9 Å². The molecule has 0 saturated heterocycles. The molecule has 30 heavy (non-hydrogen) atoms. The van der Waals surface area contributed by atoms with E-state index in [0.717, 1.165) is 36.3 Å². The Kier molecular flexibility index (Phi) is 4.76. The number of amides is 1. The van der Waals surface area contributed by atoms with Gasteiger partial charge in [-0.05, 0) is 114 Å². The minimum absolute atomic E-state index is 0.119. The molecule has 4 nitrogen and oxygen atoms in total. The zero-order chi connectivity index (χ0) is 20.3. The van der Waals surface area contributed by atoms with Crippen LogP contribution in [-0.4, -0.2) is 21.7 Å². The first-order chi connectivity index (χ1) is 14.6. The van der Waals surface area contributed by atoms with Crippen LogP contribution in [-0.2, 0) is 12.8 Å². The van der Waals surface area contributed by atoms with Gasteiger partial charge in [0, 0.05) is 17.3 Å². The van der Waals surface area contributed by atoms with Crippen molar-refractivity contribution < 1.29 is 4.79 Å². The average Bonchev–Trinajstić information content (AvgIpc) is 2.96. The van der Waals surface area contributed by atoms with E-state index in [2.05, 4.69) is 16.9 Å². The lowest BCUT2D eigenvalue weighted by atomic mass is 9.48. The van der Waals surface area contributed by atoms with Gasteiger partial charge in [0.05, 0.1) is 6.04 Å². The first-order valence-electron chi connectivity index (χ1n) is 13.0. The van der Waals surface area contributed by atoms with Crippen molar-refractivity contribution in [3.8, 4) is 0 Å². The Hall–Kier alpha value is -1.32. The molecule has 1 atom stereocenters. The fraction of sp³-hybridized carbons (Fsp3) is 0.846. The molecule has 6 aliphatic carbocycles. The van der Waals surface area contributed by atoms with Gasteiger partial charge in [-0.25, -0.2) is 0 Å². The van der Waals surface area contributed by atoms with Gasteiger partial charge in [-0.1, -0.05) is 12.8 Å². The van der Waals surface area contributed by atoms with Crippen LogP contribution in [0, 0.1) is 23.2 Å². The SMILES string of the molecule is CC(NC(=O)c1nn(C2CCC2)c2c1CCCCCC2)C12CC3CC(CC(C3)C1)C2. The van der Waals surface area contributed by atoms with E-state index in [1.165, 1.54) is 94.7 Å². The third-order valence-electron chi connectivity index (χ3n) is 9.70. The Bertz CT molecular complexity index is 785. The summed E-state index contributed by atoms with van der Waals surface area (Å²) in [6.45, 7) is 2.30. The molecule has 0 aliphatic heterocycles. The third-order valence-corrected chi connectivity index (χ3v) is 9.70. The number of fused-ring (bicyclic) bond motifs is 1. The highest BCUT2D eigenvalue weighted by Gasteiger charge is 2.53. The van der Waals surface area contributed by atoms with Crippen LogP contribution in [0.4, 0.5) is 0 Å². The van der Waals surface area contributed by atoms with Crippen LogP contribution in [0.15, 0.2) is 0 Å². The summed E-state index contributed by atoms with van der Waals surface area (Å²) < 4.78 is 2.29. The van der Waals surface area contributed by atoms with E-state index in [-0.39, 0.29) is 11.9 Å². The summed E-state index contributed by atoms with van der Waals surface area (Å²) in [6, 6.07) is 0.816. The second-order valence-corrected chi connectivity index (χ2v) is 11.7. The summed E-state index contributed by atoms with van der Waals surface area (Å²) in [5.41, 5.74) is 3.81. The van der Waals surface area contributed by atoms with E-state index in [9.17, 15) is 4.79 Å². The Labute approximate surface area is 181 Å². The summed E-state index contributed by atoms with van der Waals surface area (Å²) in [6.07, 6.45) is 19.4. The van der Waals surface area contributed by atoms with Crippen molar-refractivity contribution in [1.82, 2.24) is 15.1 Å². The largest absolute Gasteiger partial charge is 0.348 e. The number of hydrogen-bond acceptors (Lipinski definition) is 2. The number of carbonyl (C=O) groups is 1. The van der Waals surface area contributed by atoms with Gasteiger partial charge in [-0.2, -0.15) is 5.10 Å². The first-order valence-corrected chi connectivity index (χ1v) is 13.0. The zero-order valence-corrected chi connectivity index (χ0v) is 18.8. The smallest absolute Gasteiger partial charge is 0.272 e. The van der Waals surface area contributed by atoms with Gasteiger partial charge >= 0.3 is 0 Å². The quantitative estimate of drug-likeness (QED) is 0.703. The fourth-order valence-electron chi connectivity index (χ4n) is 8.22. The Balaban J connectivity index is 1.26. The Morgan fingerprint density at radius 3 is 2.20 bits per heavy atom. The number of aromatic nitrogens is 2. The number of nitrogens with zero attached hydrogens (tertiary/aromatic N) is 2. The van der Waals surface area contributed by atoms with Crippen molar-refractivity contribution in [2.24, 2.45) is 23.2 Å². The summed E-state index contributed by atoms with van der Waals surface area (Å²) in [7, 11) is 0. The van der Waals surface area contributed by atoms with Crippen LogP contribution in [0.1, 0.15) is 118 Å². The first kappa shape index (κ1) is 19.4. The lowest BCUT2D eigenvalue weighted by Gasteiger charge is -2.59. The maximum absolute atomic E-state index is 13.6. The van der Waals surface area contributed by atoms with Crippen molar-refractivity contribution in [1.29, 1.82) is 0 Å². The van der Waals surface area contributed by atoms with Gasteiger partial charge in [0.25, 0.3) is 5.91 Å². The fourth-order valence-corrected chi connectivity index (χ4v) is 8.22. The van der Waals surface area contributed by atoms with E-state index in [4.69, 9.17) is 5.10 Å². The van der Waals surface area contributed by atoms with Gasteiger partial charge in [-0.3, -0.25) is 9.48 Å². The molecule has 1 aromatic heterocycles. The van der Waals surface area contributed by atoms with Crippen molar-refractivity contribution >= 4 is 5.91 Å². The van der Waals surface area contributed by atoms with Crippen LogP contribution in [0.2, 0.25) is 0 Å². The summed E-state index contributed by atoms with van der Waals surface area (Å²) in [4.78, 5) is 13.6. The third kappa shape index (κ3) is 3.15. The molecule has 0 radical (unpaired) electrons. The van der Waals surface area contributed by atoms with Crippen LogP contribution < -0.4 is 5.32 Å². The maximum Gasteiger partial charge on any atom is 0.272 e. The van der Waals surface area contributed by atoms with Crippen LogP contribution in [0.3, 0.4) is 0 Å². The van der Waals surface area contributed by atoms with Gasteiger partial charge < -0.3 is 5.32 Å². The summed E-state index contributed by atoms with van der Waals surface area (Å²) in [5.74, 6) is 2.89. The predicted molar refractivity (Wildman–Crippen MR) is 119 cm³/mol. The molecule has 0 aromatic carbocycles. The van der Waals surface area contributed by atoms with Gasteiger partial charge in [-0.15, -0.1) is 0 Å². The molecule has 1 heterocycles. The van der Waals surface area contributed by atoms with Crippen molar-refractivity contribution in [3.05, 3.63) is 17.0 Å². The number of rotatable bonds is 4.